The fraction of sp³-hybridized carbons (Fsp3) is 0.571. The van der Waals surface area contributed by atoms with E-state index in [4.69, 9.17) is 14.2 Å². The average Bonchev–Trinajstić information content (AvgIpc) is 2.41. The molecule has 118 valence electrons. The molecule has 7 heteroatoms. The van der Waals surface area contributed by atoms with Crippen molar-refractivity contribution in [3.8, 4) is 5.75 Å². The molecule has 0 aliphatic carbocycles. The summed E-state index contributed by atoms with van der Waals surface area (Å²) < 4.78 is 15.6. The van der Waals surface area contributed by atoms with Crippen LogP contribution in [0.1, 0.15) is 13.8 Å². The zero-order valence-electron chi connectivity index (χ0n) is 12.6. The maximum Gasteiger partial charge on any atom is 0.333 e. The summed E-state index contributed by atoms with van der Waals surface area (Å²) >= 11 is 0. The van der Waals surface area contributed by atoms with Crippen LogP contribution in [0, 0.1) is 10.1 Å². The van der Waals surface area contributed by atoms with Gasteiger partial charge in [0.1, 0.15) is 5.69 Å². The molecule has 21 heavy (non-hydrogen) atoms. The van der Waals surface area contributed by atoms with Gasteiger partial charge in [0, 0.05) is 13.7 Å². The highest BCUT2D eigenvalue weighted by Crippen LogP contribution is 2.35. The Bertz CT molecular complexity index is 451. The second-order valence-electron chi connectivity index (χ2n) is 4.61. The summed E-state index contributed by atoms with van der Waals surface area (Å²) in [5, 5.41) is 14.2. The van der Waals surface area contributed by atoms with Crippen molar-refractivity contribution in [1.29, 1.82) is 0 Å². The Balaban J connectivity index is 2.66. The summed E-state index contributed by atoms with van der Waals surface area (Å²) in [5.74, 6) is 0.264. The van der Waals surface area contributed by atoms with Crippen LogP contribution in [-0.4, -0.2) is 44.5 Å². The average molecular weight is 298 g/mol. The van der Waals surface area contributed by atoms with E-state index >= 15 is 0 Å². The first-order valence-electron chi connectivity index (χ1n) is 6.81. The van der Waals surface area contributed by atoms with E-state index < -0.39 is 4.92 Å². The van der Waals surface area contributed by atoms with Crippen LogP contribution < -0.4 is 10.1 Å². The van der Waals surface area contributed by atoms with Crippen molar-refractivity contribution in [3.63, 3.8) is 0 Å². The molecule has 0 unspecified atom stereocenters. The molecular formula is C14H22N2O5. The van der Waals surface area contributed by atoms with E-state index in [0.717, 1.165) is 0 Å². The van der Waals surface area contributed by atoms with Gasteiger partial charge in [-0.05, 0) is 26.0 Å². The lowest BCUT2D eigenvalue weighted by molar-refractivity contribution is -0.385. The lowest BCUT2D eigenvalue weighted by atomic mass is 10.2. The molecule has 0 saturated heterocycles. The number of hydrogen-bond acceptors (Lipinski definition) is 6. The molecule has 1 aromatic rings. The first-order chi connectivity index (χ1) is 10.1. The number of nitrogens with zero attached hydrogens (tertiary/aromatic N) is 1. The van der Waals surface area contributed by atoms with Crippen LogP contribution >= 0.6 is 0 Å². The Morgan fingerprint density at radius 2 is 2.05 bits per heavy atom. The number of rotatable bonds is 10. The molecule has 0 spiro atoms. The number of nitro groups is 1. The van der Waals surface area contributed by atoms with Crippen molar-refractivity contribution in [1.82, 2.24) is 0 Å². The second kappa shape index (κ2) is 9.15. The van der Waals surface area contributed by atoms with E-state index in [0.29, 0.717) is 32.1 Å². The molecule has 0 heterocycles. The quantitative estimate of drug-likeness (QED) is 0.406. The highest BCUT2D eigenvalue weighted by molar-refractivity contribution is 5.68. The van der Waals surface area contributed by atoms with Gasteiger partial charge >= 0.3 is 5.69 Å². The van der Waals surface area contributed by atoms with Gasteiger partial charge in [-0.1, -0.05) is 6.07 Å². The van der Waals surface area contributed by atoms with Crippen LogP contribution in [0.2, 0.25) is 0 Å². The summed E-state index contributed by atoms with van der Waals surface area (Å²) in [4.78, 5) is 10.8. The van der Waals surface area contributed by atoms with E-state index in [1.165, 1.54) is 0 Å². The Kier molecular flexibility index (Phi) is 7.49. The van der Waals surface area contributed by atoms with Crippen molar-refractivity contribution in [2.75, 3.05) is 38.8 Å². The smallest absolute Gasteiger partial charge is 0.333 e. The highest BCUT2D eigenvalue weighted by atomic mass is 16.6. The molecule has 1 rings (SSSR count). The number of ether oxygens (including phenoxy) is 3. The Labute approximate surface area is 124 Å². The lowest BCUT2D eigenvalue weighted by Gasteiger charge is -2.13. The van der Waals surface area contributed by atoms with E-state index in [1.807, 2.05) is 13.8 Å². The van der Waals surface area contributed by atoms with Crippen molar-refractivity contribution in [2.45, 2.75) is 20.0 Å². The summed E-state index contributed by atoms with van der Waals surface area (Å²) in [6, 6.07) is 4.97. The third-order valence-electron chi connectivity index (χ3n) is 2.54. The van der Waals surface area contributed by atoms with Crippen molar-refractivity contribution < 1.29 is 19.1 Å². The Hall–Kier alpha value is -1.86. The first kappa shape index (κ1) is 17.2. The molecule has 1 N–H and O–H groups in total. The van der Waals surface area contributed by atoms with Gasteiger partial charge in [-0.3, -0.25) is 10.1 Å². The normalized spacial score (nSPS) is 10.7. The fourth-order valence-corrected chi connectivity index (χ4v) is 1.70. The molecule has 0 aromatic heterocycles. The number of nitrogens with one attached hydrogen (secondary N) is 1. The molecule has 0 aliphatic rings. The predicted molar refractivity (Wildman–Crippen MR) is 80.0 cm³/mol. The molecule has 0 amide bonds. The van der Waals surface area contributed by atoms with E-state index in [9.17, 15) is 10.1 Å². The van der Waals surface area contributed by atoms with Gasteiger partial charge in [-0.2, -0.15) is 0 Å². The summed E-state index contributed by atoms with van der Waals surface area (Å²) in [6.07, 6.45) is -0.128. The molecule has 0 radical (unpaired) electrons. The Morgan fingerprint density at radius 1 is 1.29 bits per heavy atom. The van der Waals surface area contributed by atoms with Crippen LogP contribution in [0.4, 0.5) is 11.4 Å². The SMILES string of the molecule is COCCOCCNc1cccc(OC(C)C)c1[N+](=O)[O-]. The molecule has 0 bridgehead atoms. The number of hydrogen-bond donors (Lipinski definition) is 1. The molecular weight excluding hydrogens is 276 g/mol. The van der Waals surface area contributed by atoms with Crippen LogP contribution in [0.5, 0.6) is 5.75 Å². The number of anilines is 1. The van der Waals surface area contributed by atoms with Crippen LogP contribution in [-0.2, 0) is 9.47 Å². The number of benzene rings is 1. The minimum atomic E-state index is -0.439. The molecule has 0 saturated carbocycles. The molecule has 0 aliphatic heterocycles. The van der Waals surface area contributed by atoms with Crippen LogP contribution in [0.15, 0.2) is 18.2 Å². The fourth-order valence-electron chi connectivity index (χ4n) is 1.70. The van der Waals surface area contributed by atoms with Crippen molar-refractivity contribution in [2.24, 2.45) is 0 Å². The van der Waals surface area contributed by atoms with E-state index in [2.05, 4.69) is 5.32 Å². The van der Waals surface area contributed by atoms with Crippen molar-refractivity contribution >= 4 is 11.4 Å². The molecule has 1 aromatic carbocycles. The molecule has 0 atom stereocenters. The third-order valence-corrected chi connectivity index (χ3v) is 2.54. The van der Waals surface area contributed by atoms with Crippen LogP contribution in [0.3, 0.4) is 0 Å². The maximum atomic E-state index is 11.2. The van der Waals surface area contributed by atoms with E-state index in [-0.39, 0.29) is 17.5 Å². The Morgan fingerprint density at radius 3 is 2.67 bits per heavy atom. The van der Waals surface area contributed by atoms with Gasteiger partial charge in [-0.15, -0.1) is 0 Å². The van der Waals surface area contributed by atoms with Gasteiger partial charge in [0.25, 0.3) is 0 Å². The van der Waals surface area contributed by atoms with Gasteiger partial charge in [-0.25, -0.2) is 0 Å². The number of methoxy groups -OCH3 is 1. The van der Waals surface area contributed by atoms with Gasteiger partial charge < -0.3 is 19.5 Å². The molecule has 7 nitrogen and oxygen atoms in total. The molecule has 0 fully saturated rings. The topological polar surface area (TPSA) is 82.9 Å². The maximum absolute atomic E-state index is 11.2. The number of para-hydroxylation sites is 1. The predicted octanol–water partition coefficient (Wildman–Crippen LogP) is 2.46. The minimum absolute atomic E-state index is 0.0527. The van der Waals surface area contributed by atoms with Crippen LogP contribution in [0.25, 0.3) is 0 Å². The summed E-state index contributed by atoms with van der Waals surface area (Å²) in [7, 11) is 1.60. The zero-order valence-corrected chi connectivity index (χ0v) is 12.6. The monoisotopic (exact) mass is 298 g/mol. The van der Waals surface area contributed by atoms with Crippen molar-refractivity contribution in [3.05, 3.63) is 28.3 Å². The zero-order chi connectivity index (χ0) is 15.7. The lowest BCUT2D eigenvalue weighted by Crippen LogP contribution is -2.13. The van der Waals surface area contributed by atoms with Gasteiger partial charge in [0.15, 0.2) is 5.75 Å². The minimum Gasteiger partial charge on any atom is -0.484 e. The first-order valence-corrected chi connectivity index (χ1v) is 6.81. The van der Waals surface area contributed by atoms with Gasteiger partial charge in [0.05, 0.1) is 30.8 Å². The highest BCUT2D eigenvalue weighted by Gasteiger charge is 2.21. The van der Waals surface area contributed by atoms with Gasteiger partial charge in [0.2, 0.25) is 0 Å². The summed E-state index contributed by atoms with van der Waals surface area (Å²) in [6.45, 7) is 5.58. The largest absolute Gasteiger partial charge is 0.484 e. The van der Waals surface area contributed by atoms with E-state index in [1.54, 1.807) is 25.3 Å². The summed E-state index contributed by atoms with van der Waals surface area (Å²) in [5.41, 5.74) is 0.372. The number of nitro benzene ring substituents is 1. The third kappa shape index (κ3) is 5.97. The standard InChI is InChI=1S/C14H22N2O5/c1-11(2)21-13-6-4-5-12(14(13)16(17)18)15-7-8-20-10-9-19-3/h4-6,11,15H,7-10H2,1-3H3. The second-order valence-corrected chi connectivity index (χ2v) is 4.61.